The lowest BCUT2D eigenvalue weighted by atomic mass is 10.1. The Bertz CT molecular complexity index is 638. The minimum absolute atomic E-state index is 0.00666. The van der Waals surface area contributed by atoms with E-state index in [1.165, 1.54) is 0 Å². The lowest BCUT2D eigenvalue weighted by Crippen LogP contribution is -2.12. The number of amidine groups is 1. The number of ether oxygens (including phenoxy) is 1. The first-order valence-electron chi connectivity index (χ1n) is 5.87. The van der Waals surface area contributed by atoms with Crippen LogP contribution in [0.25, 0.3) is 0 Å². The molecule has 0 spiro atoms. The van der Waals surface area contributed by atoms with Gasteiger partial charge >= 0.3 is 0 Å². The summed E-state index contributed by atoms with van der Waals surface area (Å²) in [6.45, 7) is 4.05. The van der Waals surface area contributed by atoms with Crippen LogP contribution in [-0.4, -0.2) is 5.84 Å². The van der Waals surface area contributed by atoms with Gasteiger partial charge in [-0.2, -0.15) is 0 Å². The van der Waals surface area contributed by atoms with Gasteiger partial charge in [-0.25, -0.2) is 0 Å². The van der Waals surface area contributed by atoms with Gasteiger partial charge in [0.05, 0.1) is 5.56 Å². The highest BCUT2D eigenvalue weighted by atomic mass is 79.9. The fraction of sp³-hybridized carbons (Fsp3) is 0.133. The first-order chi connectivity index (χ1) is 8.99. The monoisotopic (exact) mass is 318 g/mol. The van der Waals surface area contributed by atoms with Crippen molar-refractivity contribution in [2.75, 3.05) is 0 Å². The summed E-state index contributed by atoms with van der Waals surface area (Å²) >= 11 is 3.40. The van der Waals surface area contributed by atoms with E-state index in [1.54, 1.807) is 6.07 Å². The van der Waals surface area contributed by atoms with Gasteiger partial charge in [0.1, 0.15) is 17.3 Å². The Morgan fingerprint density at radius 3 is 2.58 bits per heavy atom. The summed E-state index contributed by atoms with van der Waals surface area (Å²) in [7, 11) is 0. The average molecular weight is 319 g/mol. The van der Waals surface area contributed by atoms with E-state index >= 15 is 0 Å². The van der Waals surface area contributed by atoms with Crippen LogP contribution in [0.1, 0.15) is 16.7 Å². The van der Waals surface area contributed by atoms with Crippen molar-refractivity contribution >= 4 is 21.8 Å². The molecule has 98 valence electrons. The number of aryl methyl sites for hydroxylation is 1. The van der Waals surface area contributed by atoms with Crippen LogP contribution in [0.4, 0.5) is 0 Å². The van der Waals surface area contributed by atoms with Gasteiger partial charge in [-0.05, 0) is 49.2 Å². The van der Waals surface area contributed by atoms with Crippen molar-refractivity contribution < 1.29 is 4.74 Å². The molecule has 4 heteroatoms. The third kappa shape index (κ3) is 2.96. The topological polar surface area (TPSA) is 59.1 Å². The molecule has 0 amide bonds. The van der Waals surface area contributed by atoms with Gasteiger partial charge in [-0.15, -0.1) is 0 Å². The summed E-state index contributed by atoms with van der Waals surface area (Å²) in [5.41, 5.74) is 8.41. The van der Waals surface area contributed by atoms with Gasteiger partial charge in [0.2, 0.25) is 0 Å². The Balaban J connectivity index is 2.45. The number of halogens is 1. The van der Waals surface area contributed by atoms with Crippen molar-refractivity contribution in [3.8, 4) is 11.5 Å². The van der Waals surface area contributed by atoms with Gasteiger partial charge in [0.15, 0.2) is 0 Å². The van der Waals surface area contributed by atoms with E-state index in [-0.39, 0.29) is 5.84 Å². The summed E-state index contributed by atoms with van der Waals surface area (Å²) in [5, 5.41) is 7.59. The lowest BCUT2D eigenvalue weighted by molar-refractivity contribution is 0.477. The summed E-state index contributed by atoms with van der Waals surface area (Å²) in [6.07, 6.45) is 0. The summed E-state index contributed by atoms with van der Waals surface area (Å²) in [4.78, 5) is 0. The Kier molecular flexibility index (Phi) is 3.90. The fourth-order valence-electron chi connectivity index (χ4n) is 1.76. The molecule has 0 radical (unpaired) electrons. The molecular weight excluding hydrogens is 304 g/mol. The quantitative estimate of drug-likeness (QED) is 0.660. The first kappa shape index (κ1) is 13.6. The molecule has 0 atom stereocenters. The molecule has 2 aromatic carbocycles. The number of hydrogen-bond donors (Lipinski definition) is 2. The van der Waals surface area contributed by atoms with Gasteiger partial charge in [0, 0.05) is 4.47 Å². The molecule has 0 saturated carbocycles. The van der Waals surface area contributed by atoms with Crippen molar-refractivity contribution in [3.05, 3.63) is 57.6 Å². The van der Waals surface area contributed by atoms with E-state index in [2.05, 4.69) is 15.9 Å². The van der Waals surface area contributed by atoms with Crippen LogP contribution in [0.2, 0.25) is 0 Å². The Morgan fingerprint density at radius 1 is 1.16 bits per heavy atom. The predicted octanol–water partition coefficient (Wildman–Crippen LogP) is 4.14. The van der Waals surface area contributed by atoms with Crippen molar-refractivity contribution in [2.24, 2.45) is 5.73 Å². The minimum atomic E-state index is -0.00666. The van der Waals surface area contributed by atoms with Crippen LogP contribution in [-0.2, 0) is 0 Å². The minimum Gasteiger partial charge on any atom is -0.456 e. The molecule has 0 heterocycles. The standard InChI is InChI=1S/C15H15BrN2O/c1-9-4-3-5-13(10(9)2)19-14-8-11(16)6-7-12(14)15(17)18/h3-8H,1-2H3,(H3,17,18). The maximum Gasteiger partial charge on any atom is 0.139 e. The van der Waals surface area contributed by atoms with Gasteiger partial charge in [-0.3, -0.25) is 5.41 Å². The van der Waals surface area contributed by atoms with Crippen LogP contribution >= 0.6 is 15.9 Å². The number of benzene rings is 2. The molecule has 3 N–H and O–H groups in total. The van der Waals surface area contributed by atoms with Crippen molar-refractivity contribution in [3.63, 3.8) is 0 Å². The van der Waals surface area contributed by atoms with E-state index in [0.717, 1.165) is 21.3 Å². The number of rotatable bonds is 3. The van der Waals surface area contributed by atoms with Gasteiger partial charge in [-0.1, -0.05) is 28.1 Å². The second kappa shape index (κ2) is 5.45. The summed E-state index contributed by atoms with van der Waals surface area (Å²) in [5.74, 6) is 1.35. The third-order valence-corrected chi connectivity index (χ3v) is 3.50. The highest BCUT2D eigenvalue weighted by molar-refractivity contribution is 9.10. The molecule has 0 unspecified atom stereocenters. The zero-order valence-corrected chi connectivity index (χ0v) is 12.4. The molecule has 2 rings (SSSR count). The molecular formula is C15H15BrN2O. The number of nitrogen functional groups attached to an aromatic ring is 1. The zero-order valence-electron chi connectivity index (χ0n) is 10.8. The van der Waals surface area contributed by atoms with E-state index in [9.17, 15) is 0 Å². The van der Waals surface area contributed by atoms with Crippen LogP contribution < -0.4 is 10.5 Å². The Hall–Kier alpha value is -1.81. The predicted molar refractivity (Wildman–Crippen MR) is 81.1 cm³/mol. The van der Waals surface area contributed by atoms with Crippen LogP contribution in [0.15, 0.2) is 40.9 Å². The molecule has 0 fully saturated rings. The van der Waals surface area contributed by atoms with Gasteiger partial charge < -0.3 is 10.5 Å². The van der Waals surface area contributed by atoms with Crippen LogP contribution in [0.5, 0.6) is 11.5 Å². The van der Waals surface area contributed by atoms with E-state index in [0.29, 0.717) is 11.3 Å². The van der Waals surface area contributed by atoms with Crippen molar-refractivity contribution in [1.82, 2.24) is 0 Å². The number of nitrogens with one attached hydrogen (secondary N) is 1. The zero-order chi connectivity index (χ0) is 14.0. The molecule has 0 aromatic heterocycles. The Labute approximate surface area is 121 Å². The second-order valence-electron chi connectivity index (χ2n) is 4.35. The molecule has 3 nitrogen and oxygen atoms in total. The van der Waals surface area contributed by atoms with Crippen molar-refractivity contribution in [2.45, 2.75) is 13.8 Å². The van der Waals surface area contributed by atoms with Crippen molar-refractivity contribution in [1.29, 1.82) is 5.41 Å². The fourth-order valence-corrected chi connectivity index (χ4v) is 2.10. The van der Waals surface area contributed by atoms with E-state index in [1.807, 2.05) is 44.2 Å². The maximum atomic E-state index is 7.59. The normalized spacial score (nSPS) is 10.3. The van der Waals surface area contributed by atoms with Crippen LogP contribution in [0.3, 0.4) is 0 Å². The number of nitrogens with two attached hydrogens (primary N) is 1. The summed E-state index contributed by atoms with van der Waals surface area (Å²) in [6, 6.07) is 11.3. The highest BCUT2D eigenvalue weighted by Gasteiger charge is 2.10. The highest BCUT2D eigenvalue weighted by Crippen LogP contribution is 2.31. The number of hydrogen-bond acceptors (Lipinski definition) is 2. The SMILES string of the molecule is Cc1cccc(Oc2cc(Br)ccc2C(=N)N)c1C. The molecule has 0 aliphatic heterocycles. The van der Waals surface area contributed by atoms with E-state index in [4.69, 9.17) is 15.9 Å². The molecule has 0 bridgehead atoms. The van der Waals surface area contributed by atoms with Gasteiger partial charge in [0.25, 0.3) is 0 Å². The van der Waals surface area contributed by atoms with Crippen LogP contribution in [0, 0.1) is 19.3 Å². The molecule has 2 aromatic rings. The lowest BCUT2D eigenvalue weighted by Gasteiger charge is -2.13. The molecule has 0 saturated heterocycles. The first-order valence-corrected chi connectivity index (χ1v) is 6.66. The van der Waals surface area contributed by atoms with E-state index < -0.39 is 0 Å². The third-order valence-electron chi connectivity index (χ3n) is 3.01. The smallest absolute Gasteiger partial charge is 0.139 e. The maximum absolute atomic E-state index is 7.59. The summed E-state index contributed by atoms with van der Waals surface area (Å²) < 4.78 is 6.80. The second-order valence-corrected chi connectivity index (χ2v) is 5.27. The largest absolute Gasteiger partial charge is 0.456 e. The average Bonchev–Trinajstić information content (AvgIpc) is 2.35. The molecule has 0 aliphatic rings. The molecule has 19 heavy (non-hydrogen) atoms. The Morgan fingerprint density at radius 2 is 1.89 bits per heavy atom. The molecule has 0 aliphatic carbocycles.